The van der Waals surface area contributed by atoms with Crippen molar-refractivity contribution in [2.75, 3.05) is 20.1 Å². The van der Waals surface area contributed by atoms with Crippen LogP contribution in [0.4, 0.5) is 0 Å². The van der Waals surface area contributed by atoms with Crippen LogP contribution in [0.25, 0.3) is 0 Å². The minimum Gasteiger partial charge on any atom is -0.486 e. The average Bonchev–Trinajstić information content (AvgIpc) is 3.12. The van der Waals surface area contributed by atoms with E-state index >= 15 is 0 Å². The Kier molecular flexibility index (Phi) is 6.52. The van der Waals surface area contributed by atoms with E-state index in [0.29, 0.717) is 0 Å². The van der Waals surface area contributed by atoms with E-state index in [1.807, 2.05) is 0 Å². The Hall–Kier alpha value is -1.80. The van der Waals surface area contributed by atoms with E-state index < -0.39 is 0 Å². The maximum absolute atomic E-state index is 6.45. The van der Waals surface area contributed by atoms with Gasteiger partial charge in [0.2, 0.25) is 0 Å². The molecule has 3 rings (SSSR count). The lowest BCUT2D eigenvalue weighted by Crippen LogP contribution is -2.23. The van der Waals surface area contributed by atoms with Gasteiger partial charge < -0.3 is 9.64 Å². The van der Waals surface area contributed by atoms with Crippen LogP contribution in [0.1, 0.15) is 55.4 Å². The van der Waals surface area contributed by atoms with E-state index in [0.717, 1.165) is 25.3 Å². The molecule has 0 fully saturated rings. The second-order valence-corrected chi connectivity index (χ2v) is 7.25. The largest absolute Gasteiger partial charge is 0.486 e. The van der Waals surface area contributed by atoms with Crippen LogP contribution in [0.2, 0.25) is 0 Å². The Morgan fingerprint density at radius 1 is 1.00 bits per heavy atom. The first-order chi connectivity index (χ1) is 12.3. The molecule has 1 atom stereocenters. The fourth-order valence-corrected chi connectivity index (χ4v) is 3.62. The summed E-state index contributed by atoms with van der Waals surface area (Å²) in [4.78, 5) is 2.42. The zero-order chi connectivity index (χ0) is 17.5. The van der Waals surface area contributed by atoms with Gasteiger partial charge in [-0.2, -0.15) is 0 Å². The van der Waals surface area contributed by atoms with Crippen LogP contribution in [0, 0.1) is 0 Å². The molecular formula is C23H31NO. The SMILES string of the molecule is CCCCN(C)CCC(Oc1ccc2c(c1)CCC2)c1ccccc1. The molecule has 0 radical (unpaired) electrons. The lowest BCUT2D eigenvalue weighted by molar-refractivity contribution is 0.172. The molecule has 0 N–H and O–H groups in total. The summed E-state index contributed by atoms with van der Waals surface area (Å²) in [5, 5.41) is 0. The summed E-state index contributed by atoms with van der Waals surface area (Å²) in [7, 11) is 2.22. The summed E-state index contributed by atoms with van der Waals surface area (Å²) >= 11 is 0. The van der Waals surface area contributed by atoms with Gasteiger partial charge in [0.05, 0.1) is 0 Å². The van der Waals surface area contributed by atoms with Crippen LogP contribution in [0.3, 0.4) is 0 Å². The zero-order valence-corrected chi connectivity index (χ0v) is 15.7. The monoisotopic (exact) mass is 337 g/mol. The third kappa shape index (κ3) is 5.09. The first kappa shape index (κ1) is 18.0. The molecule has 1 unspecified atom stereocenters. The molecule has 134 valence electrons. The highest BCUT2D eigenvalue weighted by Crippen LogP contribution is 2.30. The van der Waals surface area contributed by atoms with Gasteiger partial charge in [-0.05, 0) is 68.1 Å². The lowest BCUT2D eigenvalue weighted by Gasteiger charge is -2.23. The standard InChI is InChI=1S/C23H31NO/c1-3-4-16-24(2)17-15-23(20-9-6-5-7-10-20)25-22-14-13-19-11-8-12-21(19)18-22/h5-7,9-10,13-14,18,23H,3-4,8,11-12,15-17H2,1-2H3. The summed E-state index contributed by atoms with van der Waals surface area (Å²) in [6, 6.07) is 17.3. The molecule has 0 amide bonds. The van der Waals surface area contributed by atoms with E-state index in [9.17, 15) is 0 Å². The number of nitrogens with zero attached hydrogens (tertiary/aromatic N) is 1. The maximum atomic E-state index is 6.45. The summed E-state index contributed by atoms with van der Waals surface area (Å²) in [6.07, 6.45) is 7.34. The summed E-state index contributed by atoms with van der Waals surface area (Å²) in [6.45, 7) is 4.47. The van der Waals surface area contributed by atoms with Gasteiger partial charge in [-0.25, -0.2) is 0 Å². The van der Waals surface area contributed by atoms with Crippen LogP contribution in [0.15, 0.2) is 48.5 Å². The van der Waals surface area contributed by atoms with Crippen molar-refractivity contribution in [3.05, 3.63) is 65.2 Å². The van der Waals surface area contributed by atoms with Crippen molar-refractivity contribution in [3.8, 4) is 5.75 Å². The first-order valence-corrected chi connectivity index (χ1v) is 9.78. The highest BCUT2D eigenvalue weighted by molar-refractivity contribution is 5.38. The van der Waals surface area contributed by atoms with Crippen LogP contribution in [-0.4, -0.2) is 25.0 Å². The number of aryl methyl sites for hydroxylation is 2. The Balaban J connectivity index is 1.68. The van der Waals surface area contributed by atoms with Crippen LogP contribution >= 0.6 is 0 Å². The molecule has 0 saturated carbocycles. The van der Waals surface area contributed by atoms with Gasteiger partial charge in [0.1, 0.15) is 11.9 Å². The molecule has 2 heteroatoms. The molecule has 0 bridgehead atoms. The summed E-state index contributed by atoms with van der Waals surface area (Å²) in [5.41, 5.74) is 4.25. The van der Waals surface area contributed by atoms with Crippen molar-refractivity contribution in [2.45, 2.75) is 51.6 Å². The van der Waals surface area contributed by atoms with Gasteiger partial charge in [-0.15, -0.1) is 0 Å². The van der Waals surface area contributed by atoms with E-state index in [4.69, 9.17) is 4.74 Å². The van der Waals surface area contributed by atoms with Crippen molar-refractivity contribution in [1.82, 2.24) is 4.90 Å². The minimum atomic E-state index is 0.115. The highest BCUT2D eigenvalue weighted by atomic mass is 16.5. The number of hydrogen-bond donors (Lipinski definition) is 0. The number of ether oxygens (including phenoxy) is 1. The van der Waals surface area contributed by atoms with E-state index in [1.54, 1.807) is 0 Å². The van der Waals surface area contributed by atoms with Gasteiger partial charge >= 0.3 is 0 Å². The number of hydrogen-bond acceptors (Lipinski definition) is 2. The molecular weight excluding hydrogens is 306 g/mol. The van der Waals surface area contributed by atoms with Gasteiger partial charge in [0.25, 0.3) is 0 Å². The Bertz CT molecular complexity index is 652. The van der Waals surface area contributed by atoms with Crippen LogP contribution < -0.4 is 4.74 Å². The van der Waals surface area contributed by atoms with Crippen LogP contribution in [-0.2, 0) is 12.8 Å². The average molecular weight is 338 g/mol. The Morgan fingerprint density at radius 3 is 2.60 bits per heavy atom. The maximum Gasteiger partial charge on any atom is 0.125 e. The number of rotatable bonds is 9. The molecule has 25 heavy (non-hydrogen) atoms. The highest BCUT2D eigenvalue weighted by Gasteiger charge is 2.16. The van der Waals surface area contributed by atoms with Gasteiger partial charge in [0, 0.05) is 13.0 Å². The molecule has 2 aromatic carbocycles. The third-order valence-corrected chi connectivity index (χ3v) is 5.19. The normalized spacial score (nSPS) is 14.5. The molecule has 2 aromatic rings. The molecule has 1 aliphatic rings. The molecule has 0 aromatic heterocycles. The predicted octanol–water partition coefficient (Wildman–Crippen LogP) is 5.42. The van der Waals surface area contributed by atoms with Crippen molar-refractivity contribution < 1.29 is 4.74 Å². The predicted molar refractivity (Wildman–Crippen MR) is 105 cm³/mol. The Labute approximate surface area is 152 Å². The van der Waals surface area contributed by atoms with Gasteiger partial charge in [-0.1, -0.05) is 49.7 Å². The second kappa shape index (κ2) is 9.05. The molecule has 1 aliphatic carbocycles. The quantitative estimate of drug-likeness (QED) is 0.606. The van der Waals surface area contributed by atoms with Gasteiger partial charge in [-0.3, -0.25) is 0 Å². The first-order valence-electron chi connectivity index (χ1n) is 9.78. The van der Waals surface area contributed by atoms with Crippen molar-refractivity contribution >= 4 is 0 Å². The van der Waals surface area contributed by atoms with Crippen molar-refractivity contribution in [1.29, 1.82) is 0 Å². The van der Waals surface area contributed by atoms with Gasteiger partial charge in [0.15, 0.2) is 0 Å². The summed E-state index contributed by atoms with van der Waals surface area (Å²) in [5.74, 6) is 1.02. The number of unbranched alkanes of at least 4 members (excludes halogenated alkanes) is 1. The number of fused-ring (bicyclic) bond motifs is 1. The molecule has 0 aliphatic heterocycles. The molecule has 0 saturated heterocycles. The Morgan fingerprint density at radius 2 is 1.80 bits per heavy atom. The summed E-state index contributed by atoms with van der Waals surface area (Å²) < 4.78 is 6.45. The topological polar surface area (TPSA) is 12.5 Å². The molecule has 2 nitrogen and oxygen atoms in total. The fourth-order valence-electron chi connectivity index (χ4n) is 3.62. The van der Waals surface area contributed by atoms with E-state index in [2.05, 4.69) is 67.4 Å². The minimum absolute atomic E-state index is 0.115. The molecule has 0 heterocycles. The van der Waals surface area contributed by atoms with E-state index in [1.165, 1.54) is 48.8 Å². The van der Waals surface area contributed by atoms with E-state index in [-0.39, 0.29) is 6.10 Å². The van der Waals surface area contributed by atoms with Crippen molar-refractivity contribution in [3.63, 3.8) is 0 Å². The fraction of sp³-hybridized carbons (Fsp3) is 0.478. The zero-order valence-electron chi connectivity index (χ0n) is 15.7. The molecule has 0 spiro atoms. The second-order valence-electron chi connectivity index (χ2n) is 7.25. The third-order valence-electron chi connectivity index (χ3n) is 5.19. The van der Waals surface area contributed by atoms with Crippen molar-refractivity contribution in [2.24, 2.45) is 0 Å². The number of benzene rings is 2. The smallest absolute Gasteiger partial charge is 0.125 e. The van der Waals surface area contributed by atoms with Crippen LogP contribution in [0.5, 0.6) is 5.75 Å². The lowest BCUT2D eigenvalue weighted by atomic mass is 10.1.